The highest BCUT2D eigenvalue weighted by atomic mass is 28.2. The summed E-state index contributed by atoms with van der Waals surface area (Å²) in [7, 11) is -1.83. The standard InChI is InChI=1S/C21H31F2N3O4Si2/c1-20(2,18(29-31-3)30-32-4)16-14(12-13-8-6-5-7-9-13)28-17(21(16,22)23)26-11-10-15(24)25-19(26)27/h5-11,14,16-18H,12,31-32H2,1-4H3,(H2,24,25,27)/t14-,16+,17-/m1/s1. The van der Waals surface area contributed by atoms with Crippen LogP contribution >= 0.6 is 0 Å². The van der Waals surface area contributed by atoms with E-state index in [0.717, 1.165) is 10.1 Å². The highest BCUT2D eigenvalue weighted by molar-refractivity contribution is 6.26. The molecule has 0 spiro atoms. The molecule has 0 bridgehead atoms. The van der Waals surface area contributed by atoms with Gasteiger partial charge in [0.1, 0.15) is 12.1 Å². The highest BCUT2D eigenvalue weighted by Gasteiger charge is 2.66. The first-order chi connectivity index (χ1) is 15.1. The van der Waals surface area contributed by atoms with E-state index in [0.29, 0.717) is 0 Å². The van der Waals surface area contributed by atoms with Gasteiger partial charge < -0.3 is 19.3 Å². The smallest absolute Gasteiger partial charge is 0.351 e. The molecule has 0 radical (unpaired) electrons. The summed E-state index contributed by atoms with van der Waals surface area (Å²) in [5.74, 6) is -4.69. The highest BCUT2D eigenvalue weighted by Crippen LogP contribution is 2.55. The molecule has 1 aliphatic heterocycles. The fraction of sp³-hybridized carbons (Fsp3) is 0.524. The molecule has 0 unspecified atom stereocenters. The molecule has 176 valence electrons. The van der Waals surface area contributed by atoms with Gasteiger partial charge in [0.25, 0.3) is 5.92 Å². The molecule has 32 heavy (non-hydrogen) atoms. The van der Waals surface area contributed by atoms with E-state index in [1.165, 1.54) is 12.3 Å². The minimum absolute atomic E-state index is 0.0343. The summed E-state index contributed by atoms with van der Waals surface area (Å²) < 4.78 is 50.7. The van der Waals surface area contributed by atoms with Crippen LogP contribution in [0.4, 0.5) is 14.6 Å². The number of nitrogen functional groups attached to an aromatic ring is 1. The normalized spacial score (nSPS) is 24.6. The van der Waals surface area contributed by atoms with Gasteiger partial charge in [-0.05, 0) is 18.1 Å². The molecule has 1 fully saturated rings. The van der Waals surface area contributed by atoms with Crippen molar-refractivity contribution in [2.75, 3.05) is 5.73 Å². The summed E-state index contributed by atoms with van der Waals surface area (Å²) in [5.41, 5.74) is 4.46. The van der Waals surface area contributed by atoms with Crippen molar-refractivity contribution < 1.29 is 22.4 Å². The van der Waals surface area contributed by atoms with Crippen molar-refractivity contribution in [1.29, 1.82) is 0 Å². The van der Waals surface area contributed by atoms with Crippen LogP contribution in [0.25, 0.3) is 0 Å². The van der Waals surface area contributed by atoms with Crippen LogP contribution in [0.2, 0.25) is 13.1 Å². The molecule has 0 aliphatic carbocycles. The van der Waals surface area contributed by atoms with Crippen molar-refractivity contribution in [2.24, 2.45) is 11.3 Å². The van der Waals surface area contributed by atoms with E-state index in [2.05, 4.69) is 4.98 Å². The first kappa shape index (κ1) is 24.7. The zero-order valence-corrected chi connectivity index (χ0v) is 21.7. The Morgan fingerprint density at radius 3 is 2.41 bits per heavy atom. The minimum atomic E-state index is -3.39. The Hall–Kier alpha value is -1.93. The molecule has 11 heteroatoms. The lowest BCUT2D eigenvalue weighted by Gasteiger charge is -2.42. The number of nitrogens with two attached hydrogens (primary N) is 1. The molecule has 1 aliphatic rings. The van der Waals surface area contributed by atoms with Crippen molar-refractivity contribution in [1.82, 2.24) is 9.55 Å². The second-order valence-electron chi connectivity index (χ2n) is 8.48. The average molecular weight is 484 g/mol. The molecular formula is C21H31F2N3O4Si2. The Morgan fingerprint density at radius 2 is 1.84 bits per heavy atom. The summed E-state index contributed by atoms with van der Waals surface area (Å²) in [4.78, 5) is 16.0. The van der Waals surface area contributed by atoms with Crippen LogP contribution in [0.15, 0.2) is 47.4 Å². The van der Waals surface area contributed by atoms with Crippen LogP contribution in [0.5, 0.6) is 0 Å². The number of hydrogen-bond donors (Lipinski definition) is 1. The Kier molecular flexibility index (Phi) is 7.66. The predicted octanol–water partition coefficient (Wildman–Crippen LogP) is 1.87. The molecule has 2 N–H and O–H groups in total. The van der Waals surface area contributed by atoms with Gasteiger partial charge in [0.05, 0.1) is 12.0 Å². The third-order valence-electron chi connectivity index (χ3n) is 5.85. The Labute approximate surface area is 191 Å². The van der Waals surface area contributed by atoms with E-state index in [1.807, 2.05) is 43.4 Å². The fourth-order valence-electron chi connectivity index (χ4n) is 4.51. The predicted molar refractivity (Wildman–Crippen MR) is 124 cm³/mol. The van der Waals surface area contributed by atoms with E-state index in [9.17, 15) is 4.79 Å². The van der Waals surface area contributed by atoms with Gasteiger partial charge in [0.2, 0.25) is 6.23 Å². The van der Waals surface area contributed by atoms with Gasteiger partial charge in [-0.2, -0.15) is 4.98 Å². The molecule has 0 amide bonds. The van der Waals surface area contributed by atoms with Crippen molar-refractivity contribution in [2.45, 2.75) is 57.9 Å². The van der Waals surface area contributed by atoms with Crippen molar-refractivity contribution in [3.63, 3.8) is 0 Å². The maximum absolute atomic E-state index is 16.1. The first-order valence-corrected chi connectivity index (χ1v) is 14.8. The van der Waals surface area contributed by atoms with Crippen LogP contribution in [0.3, 0.4) is 0 Å². The zero-order valence-electron chi connectivity index (χ0n) is 18.8. The number of nitrogens with zero attached hydrogens (tertiary/aromatic N) is 2. The number of anilines is 1. The summed E-state index contributed by atoms with van der Waals surface area (Å²) >= 11 is 0. The Bertz CT molecular complexity index is 956. The number of hydrogen-bond acceptors (Lipinski definition) is 6. The van der Waals surface area contributed by atoms with Gasteiger partial charge >= 0.3 is 5.69 Å². The molecule has 3 rings (SSSR count). The van der Waals surface area contributed by atoms with Crippen LogP contribution in [-0.4, -0.2) is 47.4 Å². The van der Waals surface area contributed by atoms with Gasteiger partial charge in [0.15, 0.2) is 19.5 Å². The number of halogens is 2. The lowest BCUT2D eigenvalue weighted by molar-refractivity contribution is -0.178. The summed E-state index contributed by atoms with van der Waals surface area (Å²) in [6, 6.07) is 10.6. The third kappa shape index (κ3) is 4.86. The van der Waals surface area contributed by atoms with Crippen molar-refractivity contribution in [3.8, 4) is 0 Å². The van der Waals surface area contributed by atoms with Gasteiger partial charge in [-0.3, -0.25) is 4.57 Å². The second-order valence-corrected chi connectivity index (χ2v) is 10.3. The van der Waals surface area contributed by atoms with Crippen molar-refractivity contribution in [3.05, 3.63) is 58.6 Å². The van der Waals surface area contributed by atoms with Crippen LogP contribution in [-0.2, 0) is 20.0 Å². The van der Waals surface area contributed by atoms with E-state index in [1.54, 1.807) is 13.8 Å². The van der Waals surface area contributed by atoms with Crippen LogP contribution < -0.4 is 11.4 Å². The zero-order chi connectivity index (χ0) is 23.5. The quantitative estimate of drug-likeness (QED) is 0.433. The molecule has 2 heterocycles. The molecule has 2 aromatic rings. The number of ether oxygens (including phenoxy) is 1. The average Bonchev–Trinajstić information content (AvgIpc) is 2.99. The van der Waals surface area contributed by atoms with E-state index >= 15 is 8.78 Å². The number of rotatable bonds is 9. The minimum Gasteiger partial charge on any atom is -0.400 e. The van der Waals surface area contributed by atoms with E-state index < -0.39 is 61.1 Å². The third-order valence-corrected chi connectivity index (χ3v) is 7.12. The molecule has 1 saturated heterocycles. The maximum atomic E-state index is 16.1. The molecule has 7 nitrogen and oxygen atoms in total. The van der Waals surface area contributed by atoms with Crippen LogP contribution in [0, 0.1) is 11.3 Å². The Balaban J connectivity index is 2.07. The fourth-order valence-corrected chi connectivity index (χ4v) is 6.36. The summed E-state index contributed by atoms with van der Waals surface area (Å²) in [6.07, 6.45) is -1.96. The monoisotopic (exact) mass is 483 g/mol. The lowest BCUT2D eigenvalue weighted by Crippen LogP contribution is -2.51. The molecular weight excluding hydrogens is 452 g/mol. The van der Waals surface area contributed by atoms with Gasteiger partial charge in [0, 0.05) is 11.6 Å². The summed E-state index contributed by atoms with van der Waals surface area (Å²) in [6.45, 7) is 7.35. The van der Waals surface area contributed by atoms with Crippen molar-refractivity contribution >= 4 is 25.3 Å². The summed E-state index contributed by atoms with van der Waals surface area (Å²) in [5, 5.41) is 0. The number of alkyl halides is 2. The largest absolute Gasteiger partial charge is 0.400 e. The van der Waals surface area contributed by atoms with E-state index in [4.69, 9.17) is 19.3 Å². The molecule has 3 atom stereocenters. The van der Waals surface area contributed by atoms with Gasteiger partial charge in [-0.1, -0.05) is 57.3 Å². The SMILES string of the molecule is C[SiH2]OC(O[SiH2]C)C(C)(C)[C@@H]1[C@@H](Cc2ccccc2)O[C@@H](n2ccc(N)nc2=O)C1(F)F. The Morgan fingerprint density at radius 1 is 1.22 bits per heavy atom. The molecule has 1 aromatic carbocycles. The maximum Gasteiger partial charge on any atom is 0.351 e. The first-order valence-electron chi connectivity index (χ1n) is 10.8. The van der Waals surface area contributed by atoms with E-state index in [-0.39, 0.29) is 12.2 Å². The number of benzene rings is 1. The topological polar surface area (TPSA) is 88.6 Å². The lowest BCUT2D eigenvalue weighted by atomic mass is 9.71. The van der Waals surface area contributed by atoms with Gasteiger partial charge in [-0.15, -0.1) is 0 Å². The number of aromatic nitrogens is 2. The second kappa shape index (κ2) is 9.91. The van der Waals surface area contributed by atoms with Gasteiger partial charge in [-0.25, -0.2) is 13.6 Å². The molecule has 0 saturated carbocycles. The van der Waals surface area contributed by atoms with Crippen LogP contribution in [0.1, 0.15) is 25.6 Å². The molecule has 1 aromatic heterocycles.